The average Bonchev–Trinajstić information content (AvgIpc) is 3.00. The summed E-state index contributed by atoms with van der Waals surface area (Å²) in [6, 6.07) is 9.68. The molecule has 3 rings (SSSR count). The summed E-state index contributed by atoms with van der Waals surface area (Å²) in [5.74, 6) is 0.817. The highest BCUT2D eigenvalue weighted by Gasteiger charge is 2.32. The van der Waals surface area contributed by atoms with Crippen LogP contribution in [-0.4, -0.2) is 50.7 Å². The second kappa shape index (κ2) is 8.58. The maximum absolute atomic E-state index is 12.8. The Kier molecular flexibility index (Phi) is 6.16. The number of benzene rings is 2. The van der Waals surface area contributed by atoms with Crippen molar-refractivity contribution >= 4 is 46.5 Å². The molecule has 9 heteroatoms. The van der Waals surface area contributed by atoms with Crippen molar-refractivity contribution in [2.75, 3.05) is 44.1 Å². The quantitative estimate of drug-likeness (QED) is 0.764. The molecule has 1 saturated heterocycles. The van der Waals surface area contributed by atoms with Crippen LogP contribution in [0.15, 0.2) is 36.4 Å². The lowest BCUT2D eigenvalue weighted by molar-refractivity contribution is -0.116. The van der Waals surface area contributed by atoms with E-state index in [0.717, 1.165) is 0 Å². The van der Waals surface area contributed by atoms with Gasteiger partial charge in [0.25, 0.3) is 0 Å². The van der Waals surface area contributed by atoms with Gasteiger partial charge in [0.1, 0.15) is 18.0 Å². The topological polar surface area (TPSA) is 71.1 Å². The van der Waals surface area contributed by atoms with E-state index in [-0.39, 0.29) is 18.5 Å². The molecule has 1 aliphatic heterocycles. The predicted molar refractivity (Wildman–Crippen MR) is 109 cm³/mol. The zero-order valence-corrected chi connectivity index (χ0v) is 16.9. The molecule has 148 valence electrons. The second-order valence-corrected chi connectivity index (χ2v) is 6.97. The molecule has 0 unspecified atom stereocenters. The number of halogens is 2. The van der Waals surface area contributed by atoms with Crippen molar-refractivity contribution in [3.63, 3.8) is 0 Å². The van der Waals surface area contributed by atoms with E-state index in [0.29, 0.717) is 46.0 Å². The lowest BCUT2D eigenvalue weighted by Gasteiger charge is -2.21. The summed E-state index contributed by atoms with van der Waals surface area (Å²) in [5, 5.41) is 3.53. The summed E-state index contributed by atoms with van der Waals surface area (Å²) in [4.78, 5) is 28.2. The van der Waals surface area contributed by atoms with Crippen LogP contribution in [0.1, 0.15) is 0 Å². The van der Waals surface area contributed by atoms with Gasteiger partial charge in [-0.05, 0) is 30.3 Å². The summed E-state index contributed by atoms with van der Waals surface area (Å²) >= 11 is 11.9. The van der Waals surface area contributed by atoms with Crippen molar-refractivity contribution in [2.45, 2.75) is 0 Å². The maximum atomic E-state index is 12.8. The molecule has 0 aliphatic carbocycles. The standard InChI is InChI=1S/C19H19Cl2N3O4/c1-27-15-3-4-17(28-2)16(10-15)24-6-5-23(19(24)26)11-18(25)22-14-8-12(20)7-13(21)9-14/h3-4,7-10H,5-6,11H2,1-2H3,(H,22,25). The number of carbonyl (C=O) groups is 2. The van der Waals surface area contributed by atoms with Crippen LogP contribution in [0.5, 0.6) is 11.5 Å². The molecule has 0 radical (unpaired) electrons. The third-order valence-corrected chi connectivity index (χ3v) is 4.69. The zero-order chi connectivity index (χ0) is 20.3. The molecule has 1 fully saturated rings. The van der Waals surface area contributed by atoms with E-state index in [1.807, 2.05) is 0 Å². The minimum atomic E-state index is -0.342. The molecule has 0 atom stereocenters. The predicted octanol–water partition coefficient (Wildman–Crippen LogP) is 3.89. The number of nitrogens with one attached hydrogen (secondary N) is 1. The van der Waals surface area contributed by atoms with Crippen LogP contribution >= 0.6 is 23.2 Å². The van der Waals surface area contributed by atoms with E-state index in [9.17, 15) is 9.59 Å². The highest BCUT2D eigenvalue weighted by molar-refractivity contribution is 6.35. The molecule has 1 aliphatic rings. The van der Waals surface area contributed by atoms with Crippen molar-refractivity contribution < 1.29 is 19.1 Å². The van der Waals surface area contributed by atoms with Crippen molar-refractivity contribution in [2.24, 2.45) is 0 Å². The minimum Gasteiger partial charge on any atom is -0.497 e. The Bertz CT molecular complexity index is 886. The van der Waals surface area contributed by atoms with Crippen molar-refractivity contribution in [3.8, 4) is 11.5 Å². The molecule has 0 bridgehead atoms. The largest absolute Gasteiger partial charge is 0.497 e. The molecular formula is C19H19Cl2N3O4. The van der Waals surface area contributed by atoms with Gasteiger partial charge in [0.15, 0.2) is 0 Å². The second-order valence-electron chi connectivity index (χ2n) is 6.10. The number of methoxy groups -OCH3 is 2. The fourth-order valence-corrected chi connectivity index (χ4v) is 3.49. The van der Waals surface area contributed by atoms with Gasteiger partial charge in [-0.2, -0.15) is 0 Å². The van der Waals surface area contributed by atoms with Gasteiger partial charge in [-0.15, -0.1) is 0 Å². The Hall–Kier alpha value is -2.64. The van der Waals surface area contributed by atoms with Crippen molar-refractivity contribution in [3.05, 3.63) is 46.4 Å². The Morgan fingerprint density at radius 2 is 1.79 bits per heavy atom. The Morgan fingerprint density at radius 3 is 2.43 bits per heavy atom. The zero-order valence-electron chi connectivity index (χ0n) is 15.4. The molecule has 28 heavy (non-hydrogen) atoms. The van der Waals surface area contributed by atoms with Crippen molar-refractivity contribution in [1.82, 2.24) is 4.90 Å². The highest BCUT2D eigenvalue weighted by Crippen LogP contribution is 2.34. The van der Waals surface area contributed by atoms with Gasteiger partial charge in [0.05, 0.1) is 19.9 Å². The van der Waals surface area contributed by atoms with E-state index in [2.05, 4.69) is 5.32 Å². The lowest BCUT2D eigenvalue weighted by Crippen LogP contribution is -2.37. The van der Waals surface area contributed by atoms with Gasteiger partial charge in [0, 0.05) is 34.9 Å². The van der Waals surface area contributed by atoms with E-state index < -0.39 is 0 Å². The van der Waals surface area contributed by atoms with Crippen molar-refractivity contribution in [1.29, 1.82) is 0 Å². The van der Waals surface area contributed by atoms with E-state index in [1.54, 1.807) is 48.4 Å². The van der Waals surface area contributed by atoms with Crippen LogP contribution < -0.4 is 19.7 Å². The van der Waals surface area contributed by atoms with E-state index >= 15 is 0 Å². The molecule has 1 N–H and O–H groups in total. The van der Waals surface area contributed by atoms with E-state index in [4.69, 9.17) is 32.7 Å². The number of urea groups is 1. The normalized spacial score (nSPS) is 13.6. The fourth-order valence-electron chi connectivity index (χ4n) is 2.96. The molecule has 1 heterocycles. The summed E-state index contributed by atoms with van der Waals surface area (Å²) in [7, 11) is 3.09. The van der Waals surface area contributed by atoms with Crippen LogP contribution in [0, 0.1) is 0 Å². The van der Waals surface area contributed by atoms with Gasteiger partial charge >= 0.3 is 6.03 Å². The number of amides is 3. The Balaban J connectivity index is 1.69. The Morgan fingerprint density at radius 1 is 1.07 bits per heavy atom. The van der Waals surface area contributed by atoms with Gasteiger partial charge < -0.3 is 19.7 Å². The number of nitrogens with zero attached hydrogens (tertiary/aromatic N) is 2. The first kappa shape index (κ1) is 20.1. The third kappa shape index (κ3) is 4.43. The Labute approximate surface area is 172 Å². The maximum Gasteiger partial charge on any atom is 0.325 e. The third-order valence-electron chi connectivity index (χ3n) is 4.25. The molecule has 0 aromatic heterocycles. The molecular weight excluding hydrogens is 405 g/mol. The first-order valence-corrected chi connectivity index (χ1v) is 9.21. The lowest BCUT2D eigenvalue weighted by atomic mass is 10.2. The number of hydrogen-bond acceptors (Lipinski definition) is 4. The van der Waals surface area contributed by atoms with Crippen LogP contribution in [0.4, 0.5) is 16.2 Å². The highest BCUT2D eigenvalue weighted by atomic mass is 35.5. The van der Waals surface area contributed by atoms with Crippen LogP contribution in [0.3, 0.4) is 0 Å². The van der Waals surface area contributed by atoms with Gasteiger partial charge in [-0.1, -0.05) is 23.2 Å². The molecule has 2 aromatic rings. The average molecular weight is 424 g/mol. The fraction of sp³-hybridized carbons (Fsp3) is 0.263. The number of hydrogen-bond donors (Lipinski definition) is 1. The van der Waals surface area contributed by atoms with Gasteiger partial charge in [-0.3, -0.25) is 9.69 Å². The van der Waals surface area contributed by atoms with Crippen LogP contribution in [0.2, 0.25) is 10.0 Å². The molecule has 7 nitrogen and oxygen atoms in total. The summed E-state index contributed by atoms with van der Waals surface area (Å²) in [6.45, 7) is 0.743. The first-order chi connectivity index (χ1) is 13.4. The summed E-state index contributed by atoms with van der Waals surface area (Å²) < 4.78 is 10.6. The summed E-state index contributed by atoms with van der Waals surface area (Å²) in [6.07, 6.45) is 0. The monoisotopic (exact) mass is 423 g/mol. The SMILES string of the molecule is COc1ccc(OC)c(N2CCN(CC(=O)Nc3cc(Cl)cc(Cl)c3)C2=O)c1. The number of anilines is 2. The smallest absolute Gasteiger partial charge is 0.325 e. The summed E-state index contributed by atoms with van der Waals surface area (Å²) in [5.41, 5.74) is 1.07. The minimum absolute atomic E-state index is 0.0915. The molecule has 2 aromatic carbocycles. The molecule has 0 saturated carbocycles. The van der Waals surface area contributed by atoms with Gasteiger partial charge in [-0.25, -0.2) is 4.79 Å². The van der Waals surface area contributed by atoms with Crippen LogP contribution in [-0.2, 0) is 4.79 Å². The number of rotatable bonds is 6. The number of carbonyl (C=O) groups excluding carboxylic acids is 2. The molecule has 3 amide bonds. The first-order valence-electron chi connectivity index (χ1n) is 8.45. The van der Waals surface area contributed by atoms with E-state index in [1.165, 1.54) is 12.0 Å². The van der Waals surface area contributed by atoms with Crippen LogP contribution in [0.25, 0.3) is 0 Å². The van der Waals surface area contributed by atoms with Gasteiger partial charge in [0.2, 0.25) is 5.91 Å². The number of ether oxygens (including phenoxy) is 2. The molecule has 0 spiro atoms.